The minimum absolute atomic E-state index is 0. The monoisotopic (exact) mass is 649 g/mol. The first-order valence-corrected chi connectivity index (χ1v) is 15.4. The van der Waals surface area contributed by atoms with Crippen molar-refractivity contribution in [1.29, 1.82) is 0 Å². The SMILES string of the molecule is CC(CN(CC=O)C(=O)c1cc(F)c2c(c1)B(O)OC2)Nc1cc(F)c2c(c1)B(O)OC2.CS[PH-].[CH2-]CCCNC.[H-].[K+]. The van der Waals surface area contributed by atoms with E-state index in [1.165, 1.54) is 23.5 Å². The number of nitrogens with zero attached hydrogens (tertiary/aromatic N) is 1. The van der Waals surface area contributed by atoms with Crippen LogP contribution in [-0.4, -0.2) is 80.4 Å². The smallest absolute Gasteiger partial charge is 1.00 e. The predicted octanol–water partition coefficient (Wildman–Crippen LogP) is -1.11. The number of carbonyl (C=O) groups is 2. The third-order valence-electron chi connectivity index (χ3n) is 6.18. The zero-order valence-corrected chi connectivity index (χ0v) is 29.4. The maximum absolute atomic E-state index is 14.4. The largest absolute Gasteiger partial charge is 1.00 e. The summed E-state index contributed by atoms with van der Waals surface area (Å²) < 4.78 is 38.7. The van der Waals surface area contributed by atoms with Gasteiger partial charge < -0.3 is 67.9 Å². The van der Waals surface area contributed by atoms with Gasteiger partial charge in [0, 0.05) is 35.0 Å². The first-order chi connectivity index (χ1) is 19.6. The molecule has 4 N–H and O–H groups in total. The summed E-state index contributed by atoms with van der Waals surface area (Å²) in [5, 5.41) is 25.7. The summed E-state index contributed by atoms with van der Waals surface area (Å²) in [5.41, 5.74) is 1.34. The van der Waals surface area contributed by atoms with E-state index in [4.69, 9.17) is 9.31 Å². The number of nitrogens with one attached hydrogen (secondary N) is 2. The van der Waals surface area contributed by atoms with E-state index in [1.807, 2.05) is 13.3 Å². The van der Waals surface area contributed by atoms with Crippen molar-refractivity contribution in [2.75, 3.05) is 38.3 Å². The van der Waals surface area contributed by atoms with Crippen molar-refractivity contribution in [3.8, 4) is 0 Å². The summed E-state index contributed by atoms with van der Waals surface area (Å²) in [6.45, 7) is 6.21. The van der Waals surface area contributed by atoms with Crippen molar-refractivity contribution in [2.24, 2.45) is 0 Å². The molecule has 0 saturated carbocycles. The molecule has 1 atom stereocenters. The number of benzene rings is 2. The van der Waals surface area contributed by atoms with Crippen molar-refractivity contribution >= 4 is 62.9 Å². The van der Waals surface area contributed by atoms with E-state index < -0.39 is 37.8 Å². The van der Waals surface area contributed by atoms with Gasteiger partial charge in [0.1, 0.15) is 17.9 Å². The molecule has 2 aromatic rings. The molecule has 0 radical (unpaired) electrons. The van der Waals surface area contributed by atoms with Gasteiger partial charge in [-0.3, -0.25) is 4.79 Å². The number of halogens is 2. The number of hydrogen-bond acceptors (Lipinski definition) is 9. The molecule has 16 heteroatoms. The molecule has 226 valence electrons. The van der Waals surface area contributed by atoms with Crippen LogP contribution in [0.15, 0.2) is 24.3 Å². The number of rotatable bonds is 10. The van der Waals surface area contributed by atoms with Gasteiger partial charge in [0.15, 0.2) is 0 Å². The van der Waals surface area contributed by atoms with Crippen LogP contribution in [0.25, 0.3) is 0 Å². The molecular formula is C26H37B2F2KN3O6PS-2. The van der Waals surface area contributed by atoms with Gasteiger partial charge in [-0.05, 0) is 62.0 Å². The van der Waals surface area contributed by atoms with Gasteiger partial charge in [-0.15, -0.1) is 0 Å². The van der Waals surface area contributed by atoms with Crippen LogP contribution in [0, 0.1) is 18.6 Å². The Morgan fingerprint density at radius 1 is 1.19 bits per heavy atom. The first kappa shape index (κ1) is 39.6. The van der Waals surface area contributed by atoms with Gasteiger partial charge in [0.05, 0.1) is 19.8 Å². The van der Waals surface area contributed by atoms with Crippen LogP contribution in [0.3, 0.4) is 0 Å². The molecule has 0 aliphatic carbocycles. The molecule has 0 spiro atoms. The maximum Gasteiger partial charge on any atom is 1.00 e. The number of fused-ring (bicyclic) bond motifs is 2. The van der Waals surface area contributed by atoms with Crippen molar-refractivity contribution < 1.29 is 90.5 Å². The van der Waals surface area contributed by atoms with Crippen LogP contribution in [0.4, 0.5) is 14.5 Å². The van der Waals surface area contributed by atoms with E-state index in [9.17, 15) is 28.4 Å². The average Bonchev–Trinajstić information content (AvgIpc) is 3.50. The molecule has 4 rings (SSSR count). The molecule has 1 amide bonds. The normalized spacial score (nSPS) is 13.5. The molecule has 2 aliphatic heterocycles. The standard InChI is InChI=1S/C20H20B2F2N2O6.C5H12N.CH4PS.K.H/c1-11(25-13-6-17-15(19(24)7-13)10-32-22(17)30)8-26(2-3-27)20(28)12-4-16-14(18(23)5-12)9-31-21(16)29;1-3-4-5-6-2;1-3-2;;/h3-7,11,25,29-30H,2,8-10H2,1H3;6H,1,3-5H2,2H3;2H,1H3;;/q;2*-1;+1;-1. The minimum Gasteiger partial charge on any atom is -1.00 e. The summed E-state index contributed by atoms with van der Waals surface area (Å²) in [7, 11) is 2.53. The van der Waals surface area contributed by atoms with E-state index in [-0.39, 0.29) is 95.7 Å². The van der Waals surface area contributed by atoms with Gasteiger partial charge >= 0.3 is 65.6 Å². The third kappa shape index (κ3) is 11.5. The third-order valence-corrected chi connectivity index (χ3v) is 6.18. The molecule has 0 saturated heterocycles. The second-order valence-corrected chi connectivity index (χ2v) is 10.9. The van der Waals surface area contributed by atoms with E-state index in [1.54, 1.807) is 24.4 Å². The van der Waals surface area contributed by atoms with Crippen LogP contribution >= 0.6 is 19.8 Å². The molecule has 0 aromatic heterocycles. The van der Waals surface area contributed by atoms with Crippen LogP contribution in [-0.2, 0) is 27.3 Å². The zero-order valence-electron chi connectivity index (χ0n) is 25.4. The number of hydrogen-bond donors (Lipinski definition) is 4. The van der Waals surface area contributed by atoms with Crippen LogP contribution in [0.2, 0.25) is 0 Å². The Morgan fingerprint density at radius 2 is 1.74 bits per heavy atom. The molecule has 0 fully saturated rings. The van der Waals surface area contributed by atoms with Crippen LogP contribution in [0.5, 0.6) is 0 Å². The van der Waals surface area contributed by atoms with E-state index in [0.29, 0.717) is 23.0 Å². The fraction of sp³-hybridized carbons (Fsp3) is 0.423. The van der Waals surface area contributed by atoms with Gasteiger partial charge in [0.2, 0.25) is 0 Å². The summed E-state index contributed by atoms with van der Waals surface area (Å²) in [6, 6.07) is 4.81. The summed E-state index contributed by atoms with van der Waals surface area (Å²) in [5.74, 6) is -1.80. The van der Waals surface area contributed by atoms with Gasteiger partial charge in [-0.2, -0.15) is 6.42 Å². The van der Waals surface area contributed by atoms with Crippen molar-refractivity contribution in [2.45, 2.75) is 39.0 Å². The summed E-state index contributed by atoms with van der Waals surface area (Å²) >= 11 is 1.56. The van der Waals surface area contributed by atoms with Crippen molar-refractivity contribution in [3.05, 3.63) is 59.5 Å². The Labute approximate surface area is 297 Å². The maximum atomic E-state index is 14.4. The first-order valence-electron chi connectivity index (χ1n) is 13.0. The molecule has 42 heavy (non-hydrogen) atoms. The topological polar surface area (TPSA) is 120 Å². The minimum atomic E-state index is -1.32. The molecule has 1 unspecified atom stereocenters. The number of unbranched alkanes of at least 4 members (excludes halogenated alkanes) is 1. The predicted molar refractivity (Wildman–Crippen MR) is 164 cm³/mol. The second-order valence-electron chi connectivity index (χ2n) is 9.32. The Kier molecular flexibility index (Phi) is 19.4. The van der Waals surface area contributed by atoms with E-state index in [0.717, 1.165) is 19.0 Å². The van der Waals surface area contributed by atoms with Crippen LogP contribution in [0.1, 0.15) is 42.7 Å². The average molecular weight is 649 g/mol. The molecule has 2 aromatic carbocycles. The quantitative estimate of drug-likeness (QED) is 0.0836. The Bertz CT molecular complexity index is 1180. The van der Waals surface area contributed by atoms with Gasteiger partial charge in [-0.1, -0.05) is 6.42 Å². The van der Waals surface area contributed by atoms with Gasteiger partial charge in [-0.25, -0.2) is 8.78 Å². The zero-order chi connectivity index (χ0) is 30.5. The van der Waals surface area contributed by atoms with Crippen molar-refractivity contribution in [3.63, 3.8) is 0 Å². The summed E-state index contributed by atoms with van der Waals surface area (Å²) in [4.78, 5) is 25.4. The molecule has 2 heterocycles. The Hall–Kier alpha value is -0.414. The summed E-state index contributed by atoms with van der Waals surface area (Å²) in [6.07, 6.45) is 4.74. The number of amides is 1. The van der Waals surface area contributed by atoms with E-state index in [2.05, 4.69) is 26.0 Å². The van der Waals surface area contributed by atoms with Crippen LogP contribution < -0.4 is 72.9 Å². The number of anilines is 1. The molecule has 9 nitrogen and oxygen atoms in total. The second kappa shape index (κ2) is 20.6. The molecule has 2 aliphatic rings. The fourth-order valence-corrected chi connectivity index (χ4v) is 4.25. The molecule has 0 bridgehead atoms. The number of carbonyl (C=O) groups excluding carboxylic acids is 2. The Balaban J connectivity index is 0.00000141. The fourth-order valence-electron chi connectivity index (χ4n) is 4.25. The molecular weight excluding hydrogens is 612 g/mol. The number of aldehydes is 1. The van der Waals surface area contributed by atoms with Crippen molar-refractivity contribution in [1.82, 2.24) is 10.2 Å². The van der Waals surface area contributed by atoms with Gasteiger partial charge in [0.25, 0.3) is 5.91 Å². The Morgan fingerprint density at radius 3 is 2.24 bits per heavy atom. The van der Waals surface area contributed by atoms with E-state index >= 15 is 0 Å².